The lowest BCUT2D eigenvalue weighted by atomic mass is 10.1. The predicted octanol–water partition coefficient (Wildman–Crippen LogP) is 1.76. The van der Waals surface area contributed by atoms with Crippen LogP contribution in [-0.2, 0) is 10.0 Å². The van der Waals surface area contributed by atoms with Crippen LogP contribution in [0.4, 0.5) is 5.69 Å². The Bertz CT molecular complexity index is 623. The van der Waals surface area contributed by atoms with E-state index in [0.717, 1.165) is 16.9 Å². The Balaban J connectivity index is 2.19. The average molecular weight is 283 g/mol. The third kappa shape index (κ3) is 2.87. The molecule has 0 fully saturated rings. The van der Waals surface area contributed by atoms with Crippen molar-refractivity contribution in [2.24, 2.45) is 0 Å². The molecule has 5 nitrogen and oxygen atoms in total. The molecule has 0 aromatic carbocycles. The number of nitrogens with one attached hydrogen (secondary N) is 1. The molecule has 3 N–H and O–H groups in total. The van der Waals surface area contributed by atoms with Gasteiger partial charge in [-0.2, -0.15) is 0 Å². The van der Waals surface area contributed by atoms with E-state index in [1.54, 1.807) is 36.8 Å². The van der Waals surface area contributed by atoms with Crippen molar-refractivity contribution in [3.05, 3.63) is 41.5 Å². The molecule has 96 valence electrons. The van der Waals surface area contributed by atoms with Gasteiger partial charge in [0.2, 0.25) is 0 Å². The largest absolute Gasteiger partial charge is 0.398 e. The molecule has 18 heavy (non-hydrogen) atoms. The van der Waals surface area contributed by atoms with E-state index in [0.29, 0.717) is 5.69 Å². The van der Waals surface area contributed by atoms with Crippen molar-refractivity contribution in [2.45, 2.75) is 17.2 Å². The van der Waals surface area contributed by atoms with Crippen LogP contribution < -0.4 is 10.5 Å². The van der Waals surface area contributed by atoms with Crippen LogP contribution in [0, 0.1) is 0 Å². The first-order valence-electron chi connectivity index (χ1n) is 5.25. The van der Waals surface area contributed by atoms with Crippen LogP contribution in [0.25, 0.3) is 0 Å². The number of anilines is 1. The summed E-state index contributed by atoms with van der Waals surface area (Å²) in [5, 5.41) is 1.60. The van der Waals surface area contributed by atoms with Gasteiger partial charge in [0.05, 0.1) is 0 Å². The summed E-state index contributed by atoms with van der Waals surface area (Å²) in [5.74, 6) is 0. The number of pyridine rings is 1. The van der Waals surface area contributed by atoms with Crippen molar-refractivity contribution in [3.63, 3.8) is 0 Å². The van der Waals surface area contributed by atoms with Gasteiger partial charge in [0, 0.05) is 29.5 Å². The molecule has 0 saturated carbocycles. The fourth-order valence-electron chi connectivity index (χ4n) is 1.48. The Morgan fingerprint density at radius 1 is 1.39 bits per heavy atom. The zero-order valence-corrected chi connectivity index (χ0v) is 11.3. The van der Waals surface area contributed by atoms with Gasteiger partial charge in [-0.05, 0) is 30.7 Å². The van der Waals surface area contributed by atoms with Gasteiger partial charge in [0.15, 0.2) is 0 Å². The molecule has 7 heteroatoms. The molecule has 0 aliphatic rings. The lowest BCUT2D eigenvalue weighted by molar-refractivity contribution is 0.569. The Hall–Kier alpha value is -1.44. The smallest absolute Gasteiger partial charge is 0.250 e. The molecule has 1 atom stereocenters. The number of aromatic nitrogens is 1. The van der Waals surface area contributed by atoms with Crippen LogP contribution >= 0.6 is 11.3 Å². The molecular formula is C11H13N3O2S2. The molecular weight excluding hydrogens is 270 g/mol. The SMILES string of the molecule is CC(NS(=O)(=O)c1cc(N)cs1)c1ccncc1. The van der Waals surface area contributed by atoms with E-state index in [2.05, 4.69) is 9.71 Å². The molecule has 1 unspecified atom stereocenters. The van der Waals surface area contributed by atoms with Crippen molar-refractivity contribution in [1.29, 1.82) is 0 Å². The number of nitrogen functional groups attached to an aromatic ring is 1. The number of nitrogens with two attached hydrogens (primary N) is 1. The fourth-order valence-corrected chi connectivity index (χ4v) is 3.81. The van der Waals surface area contributed by atoms with E-state index in [1.807, 2.05) is 0 Å². The molecule has 0 aliphatic carbocycles. The maximum absolute atomic E-state index is 12.1. The van der Waals surface area contributed by atoms with E-state index < -0.39 is 10.0 Å². The first-order chi connectivity index (χ1) is 8.49. The quantitative estimate of drug-likeness (QED) is 0.895. The minimum atomic E-state index is -3.52. The summed E-state index contributed by atoms with van der Waals surface area (Å²) in [6.07, 6.45) is 3.26. The normalized spacial score (nSPS) is 13.4. The molecule has 0 amide bonds. The number of hydrogen-bond acceptors (Lipinski definition) is 5. The standard InChI is InChI=1S/C11H13N3O2S2/c1-8(9-2-4-13-5-3-9)14-18(15,16)11-6-10(12)7-17-11/h2-8,14H,12H2,1H3. The molecule has 2 rings (SSSR count). The highest BCUT2D eigenvalue weighted by Gasteiger charge is 2.19. The summed E-state index contributed by atoms with van der Waals surface area (Å²) < 4.78 is 26.9. The van der Waals surface area contributed by atoms with Crippen molar-refractivity contribution < 1.29 is 8.42 Å². The number of thiophene rings is 1. The Morgan fingerprint density at radius 2 is 2.06 bits per heavy atom. The lowest BCUT2D eigenvalue weighted by Gasteiger charge is -2.13. The minimum absolute atomic E-state index is 0.223. The molecule has 0 spiro atoms. The van der Waals surface area contributed by atoms with E-state index >= 15 is 0 Å². The molecule has 0 saturated heterocycles. The highest BCUT2D eigenvalue weighted by molar-refractivity contribution is 7.91. The third-order valence-electron chi connectivity index (χ3n) is 2.40. The van der Waals surface area contributed by atoms with Gasteiger partial charge in [-0.1, -0.05) is 0 Å². The molecule has 2 aromatic heterocycles. The van der Waals surface area contributed by atoms with Gasteiger partial charge in [0.1, 0.15) is 4.21 Å². The van der Waals surface area contributed by atoms with Gasteiger partial charge in [-0.15, -0.1) is 11.3 Å². The molecule has 0 bridgehead atoms. The summed E-state index contributed by atoms with van der Waals surface area (Å²) in [5.41, 5.74) is 6.84. The monoisotopic (exact) mass is 283 g/mol. The first-order valence-corrected chi connectivity index (χ1v) is 7.61. The van der Waals surface area contributed by atoms with Crippen LogP contribution in [0.15, 0.2) is 40.2 Å². The second kappa shape index (κ2) is 5.05. The van der Waals surface area contributed by atoms with Crippen molar-refractivity contribution in [2.75, 3.05) is 5.73 Å². The Morgan fingerprint density at radius 3 is 2.61 bits per heavy atom. The summed E-state index contributed by atoms with van der Waals surface area (Å²) in [4.78, 5) is 3.89. The summed E-state index contributed by atoms with van der Waals surface area (Å²) in [7, 11) is -3.52. The number of hydrogen-bond donors (Lipinski definition) is 2. The molecule has 2 aromatic rings. The van der Waals surface area contributed by atoms with Gasteiger partial charge >= 0.3 is 0 Å². The van der Waals surface area contributed by atoms with E-state index in [9.17, 15) is 8.42 Å². The Labute approximate surface area is 110 Å². The van der Waals surface area contributed by atoms with Crippen LogP contribution in [0.2, 0.25) is 0 Å². The fraction of sp³-hybridized carbons (Fsp3) is 0.182. The Kier molecular flexibility index (Phi) is 3.65. The van der Waals surface area contributed by atoms with Gasteiger partial charge in [0.25, 0.3) is 10.0 Å². The maximum atomic E-state index is 12.1. The van der Waals surface area contributed by atoms with Crippen LogP contribution in [0.3, 0.4) is 0 Å². The zero-order chi connectivity index (χ0) is 13.2. The van der Waals surface area contributed by atoms with Crippen molar-refractivity contribution >= 4 is 27.0 Å². The van der Waals surface area contributed by atoms with E-state index in [1.165, 1.54) is 6.07 Å². The molecule has 0 aliphatic heterocycles. The highest BCUT2D eigenvalue weighted by atomic mass is 32.2. The third-order valence-corrected chi connectivity index (χ3v) is 5.40. The maximum Gasteiger partial charge on any atom is 0.250 e. The first kappa shape index (κ1) is 13.0. The topological polar surface area (TPSA) is 85.1 Å². The predicted molar refractivity (Wildman–Crippen MR) is 71.7 cm³/mol. The van der Waals surface area contributed by atoms with E-state index in [4.69, 9.17) is 5.73 Å². The molecule has 0 radical (unpaired) electrons. The van der Waals surface area contributed by atoms with Crippen molar-refractivity contribution in [1.82, 2.24) is 9.71 Å². The van der Waals surface area contributed by atoms with Gasteiger partial charge < -0.3 is 5.73 Å². The summed E-state index contributed by atoms with van der Waals surface area (Å²) in [6.45, 7) is 1.78. The highest BCUT2D eigenvalue weighted by Crippen LogP contribution is 2.23. The lowest BCUT2D eigenvalue weighted by Crippen LogP contribution is -2.26. The minimum Gasteiger partial charge on any atom is -0.398 e. The second-order valence-electron chi connectivity index (χ2n) is 3.82. The van der Waals surface area contributed by atoms with E-state index in [-0.39, 0.29) is 10.3 Å². The van der Waals surface area contributed by atoms with Crippen LogP contribution in [-0.4, -0.2) is 13.4 Å². The average Bonchev–Trinajstić information content (AvgIpc) is 2.77. The second-order valence-corrected chi connectivity index (χ2v) is 6.67. The number of nitrogens with zero attached hydrogens (tertiary/aromatic N) is 1. The van der Waals surface area contributed by atoms with Crippen LogP contribution in [0.1, 0.15) is 18.5 Å². The number of sulfonamides is 1. The summed E-state index contributed by atoms with van der Waals surface area (Å²) in [6, 6.07) is 4.68. The molecule has 2 heterocycles. The van der Waals surface area contributed by atoms with Crippen LogP contribution in [0.5, 0.6) is 0 Å². The van der Waals surface area contributed by atoms with Gasteiger partial charge in [-0.25, -0.2) is 13.1 Å². The zero-order valence-electron chi connectivity index (χ0n) is 9.70. The van der Waals surface area contributed by atoms with Crippen molar-refractivity contribution in [3.8, 4) is 0 Å². The number of rotatable bonds is 4. The summed E-state index contributed by atoms with van der Waals surface area (Å²) >= 11 is 1.11. The van der Waals surface area contributed by atoms with Gasteiger partial charge in [-0.3, -0.25) is 4.98 Å².